The number of halogens is 1. The molecule has 1 aromatic carbocycles. The summed E-state index contributed by atoms with van der Waals surface area (Å²) in [5.74, 6) is 0.772. The molecule has 0 bridgehead atoms. The quantitative estimate of drug-likeness (QED) is 0.622. The van der Waals surface area contributed by atoms with Gasteiger partial charge in [0.15, 0.2) is 0 Å². The van der Waals surface area contributed by atoms with Crippen molar-refractivity contribution in [3.8, 4) is 11.3 Å². The van der Waals surface area contributed by atoms with Crippen molar-refractivity contribution in [1.82, 2.24) is 24.9 Å². The summed E-state index contributed by atoms with van der Waals surface area (Å²) in [5, 5.41) is 12.4. The number of hydrogen-bond acceptors (Lipinski definition) is 4. The van der Waals surface area contributed by atoms with Crippen LogP contribution in [-0.2, 0) is 24.7 Å². The number of aromatic nitrogens is 4. The maximum atomic E-state index is 12.6. The van der Waals surface area contributed by atoms with Crippen molar-refractivity contribution in [2.45, 2.75) is 32.1 Å². The molecule has 2 amide bonds. The number of hydrogen-bond donors (Lipinski definition) is 1. The zero-order valence-corrected chi connectivity index (χ0v) is 20.1. The van der Waals surface area contributed by atoms with E-state index in [0.29, 0.717) is 29.3 Å². The zero-order chi connectivity index (χ0) is 23.6. The lowest BCUT2D eigenvalue weighted by atomic mass is 9.56. The lowest BCUT2D eigenvalue weighted by molar-refractivity contribution is -0.118. The van der Waals surface area contributed by atoms with Crippen LogP contribution in [0.15, 0.2) is 30.7 Å². The maximum absolute atomic E-state index is 12.6. The fourth-order valence-corrected chi connectivity index (χ4v) is 6.43. The van der Waals surface area contributed by atoms with Crippen LogP contribution in [0.3, 0.4) is 0 Å². The molecule has 1 saturated heterocycles. The standard InChI is InChI=1S/C25H27ClN6O2/c1-30-12-17(11-28-30)24(34)32-13-25(14-32)8-15(9-25)7-16-10-27-29-23(16)19-3-5-20-18(22(19)26)4-6-21(33)31(20)2/h3,5,10-12,15H,4,6-9,13-14H2,1-2H3,(H,27,29). The molecule has 34 heavy (non-hydrogen) atoms. The smallest absolute Gasteiger partial charge is 0.257 e. The van der Waals surface area contributed by atoms with Crippen LogP contribution in [0.25, 0.3) is 11.3 Å². The number of rotatable bonds is 4. The molecule has 2 aromatic heterocycles. The number of aromatic amines is 1. The third kappa shape index (κ3) is 3.35. The van der Waals surface area contributed by atoms with Gasteiger partial charge >= 0.3 is 0 Å². The number of H-pyrrole nitrogens is 1. The average Bonchev–Trinajstić information content (AvgIpc) is 3.40. The van der Waals surface area contributed by atoms with Gasteiger partial charge in [0.1, 0.15) is 0 Å². The van der Waals surface area contributed by atoms with E-state index < -0.39 is 0 Å². The molecule has 0 unspecified atom stereocenters. The summed E-state index contributed by atoms with van der Waals surface area (Å²) in [4.78, 5) is 28.3. The lowest BCUT2D eigenvalue weighted by Crippen LogP contribution is -2.63. The first-order valence-corrected chi connectivity index (χ1v) is 12.1. The van der Waals surface area contributed by atoms with Crippen molar-refractivity contribution in [2.75, 3.05) is 25.0 Å². The van der Waals surface area contributed by atoms with Crippen LogP contribution < -0.4 is 4.90 Å². The topological polar surface area (TPSA) is 87.1 Å². The van der Waals surface area contributed by atoms with Gasteiger partial charge in [-0.1, -0.05) is 11.6 Å². The van der Waals surface area contributed by atoms with Crippen LogP contribution in [0.2, 0.25) is 5.02 Å². The average molecular weight is 479 g/mol. The summed E-state index contributed by atoms with van der Waals surface area (Å²) >= 11 is 6.83. The largest absolute Gasteiger partial charge is 0.337 e. The SMILES string of the molecule is CN1C(=O)CCc2c1ccc(-c1n[nH]cc1CC1CC3(C1)CN(C(=O)c1cnn(C)c1)C3)c2Cl. The first-order valence-electron chi connectivity index (χ1n) is 11.7. The van der Waals surface area contributed by atoms with E-state index in [4.69, 9.17) is 11.6 Å². The summed E-state index contributed by atoms with van der Waals surface area (Å²) in [5.41, 5.74) is 5.83. The van der Waals surface area contributed by atoms with Crippen LogP contribution >= 0.6 is 11.6 Å². The Morgan fingerprint density at radius 3 is 2.76 bits per heavy atom. The van der Waals surface area contributed by atoms with Gasteiger partial charge in [-0.15, -0.1) is 0 Å². The second-order valence-electron chi connectivity index (χ2n) is 10.2. The highest BCUT2D eigenvalue weighted by atomic mass is 35.5. The number of benzene rings is 1. The third-order valence-electron chi connectivity index (χ3n) is 7.76. The second kappa shape index (κ2) is 7.70. The Labute approximate surface area is 202 Å². The minimum absolute atomic E-state index is 0.0775. The zero-order valence-electron chi connectivity index (χ0n) is 19.3. The van der Waals surface area contributed by atoms with E-state index in [-0.39, 0.29) is 17.2 Å². The summed E-state index contributed by atoms with van der Waals surface area (Å²) in [7, 11) is 3.63. The molecule has 1 aliphatic carbocycles. The van der Waals surface area contributed by atoms with Gasteiger partial charge in [-0.25, -0.2) is 0 Å². The number of fused-ring (bicyclic) bond motifs is 1. The highest BCUT2D eigenvalue weighted by Crippen LogP contribution is 2.53. The van der Waals surface area contributed by atoms with Gasteiger partial charge in [-0.2, -0.15) is 10.2 Å². The van der Waals surface area contributed by atoms with Crippen molar-refractivity contribution in [1.29, 1.82) is 0 Å². The molecular formula is C25H27ClN6O2. The number of aryl methyl sites for hydroxylation is 1. The molecule has 0 atom stereocenters. The summed E-state index contributed by atoms with van der Waals surface area (Å²) in [6.07, 6.45) is 9.71. The van der Waals surface area contributed by atoms with E-state index in [1.807, 2.05) is 30.3 Å². The molecule has 3 aromatic rings. The molecule has 2 fully saturated rings. The van der Waals surface area contributed by atoms with Gasteiger partial charge in [0.05, 0.1) is 22.5 Å². The summed E-state index contributed by atoms with van der Waals surface area (Å²) < 4.78 is 1.66. The Morgan fingerprint density at radius 1 is 1.24 bits per heavy atom. The van der Waals surface area contributed by atoms with Crippen LogP contribution in [0.1, 0.15) is 40.7 Å². The Balaban J connectivity index is 1.12. The van der Waals surface area contributed by atoms with Crippen LogP contribution in [-0.4, -0.2) is 56.8 Å². The molecule has 1 N–H and O–H groups in total. The van der Waals surface area contributed by atoms with Crippen molar-refractivity contribution in [3.63, 3.8) is 0 Å². The van der Waals surface area contributed by atoms with Gasteiger partial charge in [0.2, 0.25) is 5.91 Å². The number of nitrogens with zero attached hydrogens (tertiary/aromatic N) is 5. The van der Waals surface area contributed by atoms with Crippen molar-refractivity contribution >= 4 is 29.1 Å². The molecule has 0 radical (unpaired) electrons. The minimum atomic E-state index is 0.0775. The Bertz CT molecular complexity index is 1300. The molecule has 6 rings (SSSR count). The van der Waals surface area contributed by atoms with Gasteiger partial charge < -0.3 is 9.80 Å². The highest BCUT2D eigenvalue weighted by molar-refractivity contribution is 6.34. The van der Waals surface area contributed by atoms with Crippen LogP contribution in [0.4, 0.5) is 5.69 Å². The molecule has 1 spiro atoms. The molecule has 2 aliphatic heterocycles. The van der Waals surface area contributed by atoms with E-state index in [0.717, 1.165) is 54.9 Å². The van der Waals surface area contributed by atoms with E-state index in [1.165, 1.54) is 5.56 Å². The molecule has 4 heterocycles. The van der Waals surface area contributed by atoms with Gasteiger partial charge in [0.25, 0.3) is 5.91 Å². The predicted octanol–water partition coefficient (Wildman–Crippen LogP) is 3.47. The molecule has 8 nitrogen and oxygen atoms in total. The second-order valence-corrected chi connectivity index (χ2v) is 10.6. The molecule has 9 heteroatoms. The van der Waals surface area contributed by atoms with Crippen molar-refractivity contribution in [3.05, 3.63) is 52.4 Å². The van der Waals surface area contributed by atoms with Gasteiger partial charge in [-0.3, -0.25) is 19.4 Å². The number of carbonyl (C=O) groups is 2. The Morgan fingerprint density at radius 2 is 2.03 bits per heavy atom. The molecule has 3 aliphatic rings. The number of nitrogens with one attached hydrogen (secondary N) is 1. The summed E-state index contributed by atoms with van der Waals surface area (Å²) in [6, 6.07) is 3.96. The van der Waals surface area contributed by atoms with Gasteiger partial charge in [-0.05, 0) is 54.9 Å². The number of amides is 2. The normalized spacial score (nSPS) is 19.2. The number of carbonyl (C=O) groups excluding carboxylic acids is 2. The van der Waals surface area contributed by atoms with Crippen LogP contribution in [0.5, 0.6) is 0 Å². The lowest BCUT2D eigenvalue weighted by Gasteiger charge is -2.59. The van der Waals surface area contributed by atoms with E-state index >= 15 is 0 Å². The third-order valence-corrected chi connectivity index (χ3v) is 8.19. The van der Waals surface area contributed by atoms with E-state index in [9.17, 15) is 9.59 Å². The fourth-order valence-electron chi connectivity index (χ4n) is 6.08. The summed E-state index contributed by atoms with van der Waals surface area (Å²) in [6.45, 7) is 1.66. The molecule has 1 saturated carbocycles. The minimum Gasteiger partial charge on any atom is -0.337 e. The predicted molar refractivity (Wildman–Crippen MR) is 129 cm³/mol. The maximum Gasteiger partial charge on any atom is 0.257 e. The first kappa shape index (κ1) is 21.4. The number of anilines is 1. The molecule has 176 valence electrons. The molecular weight excluding hydrogens is 452 g/mol. The van der Waals surface area contributed by atoms with Gasteiger partial charge in [0, 0.05) is 62.7 Å². The van der Waals surface area contributed by atoms with E-state index in [1.54, 1.807) is 29.0 Å². The monoisotopic (exact) mass is 478 g/mol. The van der Waals surface area contributed by atoms with E-state index in [2.05, 4.69) is 15.3 Å². The highest BCUT2D eigenvalue weighted by Gasteiger charge is 2.53. The Hall–Kier alpha value is -3.13. The van der Waals surface area contributed by atoms with Crippen molar-refractivity contribution < 1.29 is 9.59 Å². The number of likely N-dealkylation sites (tertiary alicyclic amines) is 1. The fraction of sp³-hybridized carbons (Fsp3) is 0.440. The first-order chi connectivity index (χ1) is 16.3. The van der Waals surface area contributed by atoms with Crippen molar-refractivity contribution in [2.24, 2.45) is 18.4 Å². The van der Waals surface area contributed by atoms with Crippen LogP contribution in [0, 0.1) is 11.3 Å². The Kier molecular flexibility index (Phi) is 4.85.